The van der Waals surface area contributed by atoms with E-state index in [0.29, 0.717) is 6.54 Å². The first kappa shape index (κ1) is 12.8. The van der Waals surface area contributed by atoms with Gasteiger partial charge in [0.2, 0.25) is 5.91 Å². The van der Waals surface area contributed by atoms with Crippen molar-refractivity contribution in [2.45, 2.75) is 6.18 Å². The van der Waals surface area contributed by atoms with E-state index in [4.69, 9.17) is 5.73 Å². The SMILES string of the molecule is NC(=O)CNCC1CN(C(=O)C(F)(F)F)C1. The molecule has 0 aromatic heterocycles. The summed E-state index contributed by atoms with van der Waals surface area (Å²) in [5.74, 6) is -2.38. The zero-order valence-electron chi connectivity index (χ0n) is 8.38. The molecule has 1 rings (SSSR count). The molecule has 0 aromatic carbocycles. The number of primary amides is 1. The number of likely N-dealkylation sites (tertiary alicyclic amines) is 1. The number of carbonyl (C=O) groups is 2. The molecule has 2 amide bonds. The van der Waals surface area contributed by atoms with Gasteiger partial charge in [-0.15, -0.1) is 0 Å². The fourth-order valence-electron chi connectivity index (χ4n) is 1.44. The van der Waals surface area contributed by atoms with Gasteiger partial charge in [0, 0.05) is 25.6 Å². The summed E-state index contributed by atoms with van der Waals surface area (Å²) in [6.07, 6.45) is -4.80. The van der Waals surface area contributed by atoms with E-state index in [0.717, 1.165) is 4.90 Å². The number of hydrogen-bond acceptors (Lipinski definition) is 3. The predicted octanol–water partition coefficient (Wildman–Crippen LogP) is -0.918. The first-order chi connectivity index (χ1) is 7.30. The van der Waals surface area contributed by atoms with Gasteiger partial charge >= 0.3 is 12.1 Å². The lowest BCUT2D eigenvalue weighted by Gasteiger charge is -2.39. The zero-order chi connectivity index (χ0) is 12.3. The number of nitrogens with two attached hydrogens (primary N) is 1. The van der Waals surface area contributed by atoms with E-state index >= 15 is 0 Å². The maximum Gasteiger partial charge on any atom is 0.471 e. The summed E-state index contributed by atoms with van der Waals surface area (Å²) in [5.41, 5.74) is 4.86. The molecule has 0 saturated carbocycles. The van der Waals surface area contributed by atoms with Gasteiger partial charge in [-0.1, -0.05) is 0 Å². The number of rotatable bonds is 4. The molecule has 1 aliphatic rings. The Kier molecular flexibility index (Phi) is 3.74. The van der Waals surface area contributed by atoms with Gasteiger partial charge < -0.3 is 16.0 Å². The monoisotopic (exact) mass is 239 g/mol. The number of alkyl halides is 3. The fourth-order valence-corrected chi connectivity index (χ4v) is 1.44. The van der Waals surface area contributed by atoms with Crippen molar-refractivity contribution in [3.63, 3.8) is 0 Å². The zero-order valence-corrected chi connectivity index (χ0v) is 8.38. The molecule has 1 saturated heterocycles. The van der Waals surface area contributed by atoms with Crippen molar-refractivity contribution in [2.75, 3.05) is 26.2 Å². The predicted molar refractivity (Wildman–Crippen MR) is 48.2 cm³/mol. The fraction of sp³-hybridized carbons (Fsp3) is 0.750. The van der Waals surface area contributed by atoms with Crippen LogP contribution in [-0.2, 0) is 9.59 Å². The Hall–Kier alpha value is -1.31. The molecule has 1 heterocycles. The van der Waals surface area contributed by atoms with E-state index in [9.17, 15) is 22.8 Å². The highest BCUT2D eigenvalue weighted by Gasteiger charge is 2.46. The van der Waals surface area contributed by atoms with E-state index < -0.39 is 18.0 Å². The van der Waals surface area contributed by atoms with Crippen molar-refractivity contribution >= 4 is 11.8 Å². The van der Waals surface area contributed by atoms with Gasteiger partial charge in [-0.25, -0.2) is 0 Å². The number of hydrogen-bond donors (Lipinski definition) is 2. The van der Waals surface area contributed by atoms with Gasteiger partial charge in [0.15, 0.2) is 0 Å². The van der Waals surface area contributed by atoms with E-state index in [-0.39, 0.29) is 25.6 Å². The van der Waals surface area contributed by atoms with Crippen molar-refractivity contribution in [2.24, 2.45) is 11.7 Å². The molecule has 92 valence electrons. The Balaban J connectivity index is 2.18. The summed E-state index contributed by atoms with van der Waals surface area (Å²) in [6, 6.07) is 0. The number of nitrogens with one attached hydrogen (secondary N) is 1. The molecule has 1 aliphatic heterocycles. The minimum Gasteiger partial charge on any atom is -0.369 e. The van der Waals surface area contributed by atoms with Crippen LogP contribution in [0.3, 0.4) is 0 Å². The molecule has 0 aromatic rings. The Morgan fingerprint density at radius 2 is 1.94 bits per heavy atom. The molecular formula is C8H12F3N3O2. The highest BCUT2D eigenvalue weighted by atomic mass is 19.4. The second kappa shape index (κ2) is 4.69. The van der Waals surface area contributed by atoms with Gasteiger partial charge in [-0.05, 0) is 0 Å². The van der Waals surface area contributed by atoms with Crippen LogP contribution in [0.2, 0.25) is 0 Å². The molecule has 16 heavy (non-hydrogen) atoms. The second-order valence-corrected chi connectivity index (χ2v) is 3.67. The molecular weight excluding hydrogens is 227 g/mol. The molecule has 0 atom stereocenters. The molecule has 8 heteroatoms. The average molecular weight is 239 g/mol. The molecule has 0 bridgehead atoms. The van der Waals surface area contributed by atoms with Gasteiger partial charge in [0.05, 0.1) is 6.54 Å². The van der Waals surface area contributed by atoms with Crippen LogP contribution in [0.1, 0.15) is 0 Å². The first-order valence-corrected chi connectivity index (χ1v) is 4.66. The largest absolute Gasteiger partial charge is 0.471 e. The van der Waals surface area contributed by atoms with E-state index in [1.165, 1.54) is 0 Å². The second-order valence-electron chi connectivity index (χ2n) is 3.67. The minimum absolute atomic E-state index is 0.0102. The highest BCUT2D eigenvalue weighted by molar-refractivity contribution is 5.82. The van der Waals surface area contributed by atoms with Crippen molar-refractivity contribution in [1.82, 2.24) is 10.2 Å². The Labute approximate surface area is 89.8 Å². The molecule has 0 unspecified atom stereocenters. The van der Waals surface area contributed by atoms with Crippen molar-refractivity contribution in [1.29, 1.82) is 0 Å². The smallest absolute Gasteiger partial charge is 0.369 e. The van der Waals surface area contributed by atoms with Gasteiger partial charge in [-0.2, -0.15) is 13.2 Å². The van der Waals surface area contributed by atoms with Gasteiger partial charge in [-0.3, -0.25) is 9.59 Å². The molecule has 0 spiro atoms. The van der Waals surface area contributed by atoms with Crippen LogP contribution in [0.25, 0.3) is 0 Å². The Morgan fingerprint density at radius 3 is 2.38 bits per heavy atom. The third-order valence-corrected chi connectivity index (χ3v) is 2.22. The number of nitrogens with zero attached hydrogens (tertiary/aromatic N) is 1. The topological polar surface area (TPSA) is 75.4 Å². The summed E-state index contributed by atoms with van der Waals surface area (Å²) in [4.78, 5) is 21.8. The molecule has 0 aliphatic carbocycles. The maximum absolute atomic E-state index is 11.9. The summed E-state index contributed by atoms with van der Waals surface area (Å²) >= 11 is 0. The maximum atomic E-state index is 11.9. The van der Waals surface area contributed by atoms with Crippen molar-refractivity contribution in [3.8, 4) is 0 Å². The van der Waals surface area contributed by atoms with E-state index in [1.807, 2.05) is 0 Å². The molecule has 0 radical (unpaired) electrons. The van der Waals surface area contributed by atoms with Crippen LogP contribution in [0.4, 0.5) is 13.2 Å². The third-order valence-electron chi connectivity index (χ3n) is 2.22. The standard InChI is InChI=1S/C8H12F3N3O2/c9-8(10,11)7(16)14-3-5(4-14)1-13-2-6(12)15/h5,13H,1-4H2,(H2,12,15). The number of halogens is 3. The van der Waals surface area contributed by atoms with E-state index in [1.54, 1.807) is 0 Å². The van der Waals surface area contributed by atoms with Crippen molar-refractivity contribution in [3.05, 3.63) is 0 Å². The van der Waals surface area contributed by atoms with Crippen LogP contribution in [0.15, 0.2) is 0 Å². The van der Waals surface area contributed by atoms with Crippen LogP contribution in [0, 0.1) is 5.92 Å². The van der Waals surface area contributed by atoms with Crippen LogP contribution >= 0.6 is 0 Å². The van der Waals surface area contributed by atoms with Crippen LogP contribution < -0.4 is 11.1 Å². The molecule has 3 N–H and O–H groups in total. The Morgan fingerprint density at radius 1 is 1.38 bits per heavy atom. The average Bonchev–Trinajstić information content (AvgIpc) is 2.05. The van der Waals surface area contributed by atoms with Crippen LogP contribution in [-0.4, -0.2) is 49.1 Å². The highest BCUT2D eigenvalue weighted by Crippen LogP contribution is 2.24. The number of amides is 2. The molecule has 1 fully saturated rings. The lowest BCUT2D eigenvalue weighted by atomic mass is 10.00. The van der Waals surface area contributed by atoms with Crippen molar-refractivity contribution < 1.29 is 22.8 Å². The summed E-state index contributed by atoms with van der Waals surface area (Å²) in [7, 11) is 0. The van der Waals surface area contributed by atoms with Gasteiger partial charge in [0.25, 0.3) is 0 Å². The minimum atomic E-state index is -4.80. The molecule has 5 nitrogen and oxygen atoms in total. The quantitative estimate of drug-likeness (QED) is 0.666. The third kappa shape index (κ3) is 3.37. The van der Waals surface area contributed by atoms with E-state index in [2.05, 4.69) is 5.32 Å². The summed E-state index contributed by atoms with van der Waals surface area (Å²) in [6.45, 7) is 0.489. The first-order valence-electron chi connectivity index (χ1n) is 4.66. The van der Waals surface area contributed by atoms with Gasteiger partial charge in [0.1, 0.15) is 0 Å². The Bertz CT molecular complexity index is 287. The van der Waals surface area contributed by atoms with Crippen LogP contribution in [0.5, 0.6) is 0 Å². The summed E-state index contributed by atoms with van der Waals surface area (Å²) < 4.78 is 35.8. The lowest BCUT2D eigenvalue weighted by molar-refractivity contribution is -0.191. The lowest BCUT2D eigenvalue weighted by Crippen LogP contribution is -2.57. The normalized spacial score (nSPS) is 17.1. The summed E-state index contributed by atoms with van der Waals surface area (Å²) in [5, 5.41) is 2.69. The number of carbonyl (C=O) groups excluding carboxylic acids is 2.